The lowest BCUT2D eigenvalue weighted by Crippen LogP contribution is -1.97. The van der Waals surface area contributed by atoms with Gasteiger partial charge in [-0.05, 0) is 52.4 Å². The predicted octanol–water partition coefficient (Wildman–Crippen LogP) is 5.57. The van der Waals surface area contributed by atoms with E-state index in [1.807, 2.05) is 24.5 Å². The first-order valence-corrected chi connectivity index (χ1v) is 10.6. The Morgan fingerprint density at radius 1 is 0.677 bits per heavy atom. The van der Waals surface area contributed by atoms with Crippen LogP contribution in [0.2, 0.25) is 0 Å². The fourth-order valence-corrected chi connectivity index (χ4v) is 5.69. The van der Waals surface area contributed by atoms with Crippen molar-refractivity contribution in [2.45, 2.75) is 12.8 Å². The van der Waals surface area contributed by atoms with Crippen LogP contribution in [0.4, 0.5) is 0 Å². The van der Waals surface area contributed by atoms with Crippen molar-refractivity contribution in [3.05, 3.63) is 95.4 Å². The van der Waals surface area contributed by atoms with Gasteiger partial charge in [0.05, 0.1) is 11.4 Å². The number of aromatic nitrogens is 4. The zero-order chi connectivity index (χ0) is 20.1. The first-order valence-electron chi connectivity index (χ1n) is 10.6. The zero-order valence-corrected chi connectivity index (χ0v) is 16.6. The second-order valence-electron chi connectivity index (χ2n) is 8.48. The zero-order valence-electron chi connectivity index (χ0n) is 16.6. The van der Waals surface area contributed by atoms with E-state index in [2.05, 4.69) is 52.9 Å². The van der Waals surface area contributed by atoms with E-state index in [0.29, 0.717) is 0 Å². The quantitative estimate of drug-likeness (QED) is 0.315. The summed E-state index contributed by atoms with van der Waals surface area (Å²) in [7, 11) is 0. The van der Waals surface area contributed by atoms with Gasteiger partial charge in [0.1, 0.15) is 11.2 Å². The molecule has 31 heavy (non-hydrogen) atoms. The van der Waals surface area contributed by atoms with Gasteiger partial charge in [0, 0.05) is 35.2 Å². The van der Waals surface area contributed by atoms with Crippen LogP contribution in [-0.2, 0) is 12.8 Å². The van der Waals surface area contributed by atoms with Crippen LogP contribution in [0.5, 0.6) is 0 Å². The van der Waals surface area contributed by atoms with Crippen molar-refractivity contribution in [1.82, 2.24) is 19.4 Å². The fraction of sp³-hybridized carbons (Fsp3) is 0.0741. The highest BCUT2D eigenvalue weighted by Crippen LogP contribution is 2.48. The maximum atomic E-state index is 5.13. The molecule has 2 aromatic carbocycles. The van der Waals surface area contributed by atoms with E-state index in [0.717, 1.165) is 46.1 Å². The van der Waals surface area contributed by atoms with Crippen LogP contribution in [0.25, 0.3) is 50.0 Å². The molecule has 0 bridgehead atoms. The van der Waals surface area contributed by atoms with E-state index in [9.17, 15) is 0 Å². The number of fused-ring (bicyclic) bond motifs is 14. The molecule has 0 amide bonds. The van der Waals surface area contributed by atoms with Crippen molar-refractivity contribution >= 4 is 27.6 Å². The van der Waals surface area contributed by atoms with Crippen LogP contribution in [0.1, 0.15) is 22.4 Å². The Morgan fingerprint density at radius 3 is 2.52 bits per heavy atom. The smallest absolute Gasteiger partial charge is 0.165 e. The summed E-state index contributed by atoms with van der Waals surface area (Å²) >= 11 is 0. The van der Waals surface area contributed by atoms with Crippen molar-refractivity contribution in [1.29, 1.82) is 0 Å². The lowest BCUT2D eigenvalue weighted by molar-refractivity contribution is 1.16. The van der Waals surface area contributed by atoms with Crippen molar-refractivity contribution < 1.29 is 0 Å². The van der Waals surface area contributed by atoms with Gasteiger partial charge in [-0.3, -0.25) is 9.38 Å². The van der Waals surface area contributed by atoms with Crippen molar-refractivity contribution in [3.63, 3.8) is 0 Å². The SMILES string of the molecule is c1ccc2c(c1)Cc1ccc3c(c1-2)Cc1nc2c4ncccc4c4cccnc4n2c1-3. The monoisotopic (exact) mass is 396 g/mol. The van der Waals surface area contributed by atoms with Gasteiger partial charge in [-0.2, -0.15) is 0 Å². The predicted molar refractivity (Wildman–Crippen MR) is 122 cm³/mol. The molecule has 8 rings (SSSR count). The molecule has 0 atom stereocenters. The highest BCUT2D eigenvalue weighted by molar-refractivity contribution is 6.10. The summed E-state index contributed by atoms with van der Waals surface area (Å²) in [6, 6.07) is 21.6. The van der Waals surface area contributed by atoms with Gasteiger partial charge in [-0.1, -0.05) is 42.5 Å². The Labute approximate surface area is 177 Å². The molecule has 2 aliphatic carbocycles. The number of nitrogens with zero attached hydrogens (tertiary/aromatic N) is 4. The molecule has 4 aromatic heterocycles. The van der Waals surface area contributed by atoms with Gasteiger partial charge < -0.3 is 0 Å². The van der Waals surface area contributed by atoms with E-state index in [1.54, 1.807) is 0 Å². The maximum absolute atomic E-state index is 5.13. The summed E-state index contributed by atoms with van der Waals surface area (Å²) in [5.74, 6) is 0. The summed E-state index contributed by atoms with van der Waals surface area (Å²) in [4.78, 5) is 14.6. The van der Waals surface area contributed by atoms with Gasteiger partial charge in [0.15, 0.2) is 5.65 Å². The molecule has 0 aliphatic heterocycles. The minimum absolute atomic E-state index is 0.854. The Hall–Kier alpha value is -4.05. The van der Waals surface area contributed by atoms with E-state index in [1.165, 1.54) is 39.1 Å². The van der Waals surface area contributed by atoms with Gasteiger partial charge in [-0.15, -0.1) is 0 Å². The van der Waals surface area contributed by atoms with Crippen molar-refractivity contribution in [3.8, 4) is 22.4 Å². The maximum Gasteiger partial charge on any atom is 0.165 e. The van der Waals surface area contributed by atoms with E-state index < -0.39 is 0 Å². The van der Waals surface area contributed by atoms with Crippen molar-refractivity contribution in [2.75, 3.05) is 0 Å². The highest BCUT2D eigenvalue weighted by atomic mass is 15.1. The summed E-state index contributed by atoms with van der Waals surface area (Å²) in [6.45, 7) is 0. The number of pyridine rings is 3. The van der Waals surface area contributed by atoms with Crippen LogP contribution in [0.15, 0.2) is 73.1 Å². The van der Waals surface area contributed by atoms with Gasteiger partial charge in [0.25, 0.3) is 0 Å². The first kappa shape index (κ1) is 15.7. The average Bonchev–Trinajstić information content (AvgIpc) is 3.48. The third kappa shape index (κ3) is 1.84. The van der Waals surface area contributed by atoms with Crippen LogP contribution in [0, 0.1) is 0 Å². The van der Waals surface area contributed by atoms with Gasteiger partial charge >= 0.3 is 0 Å². The fourth-order valence-electron chi connectivity index (χ4n) is 5.69. The van der Waals surface area contributed by atoms with Gasteiger partial charge in [0.2, 0.25) is 0 Å². The summed E-state index contributed by atoms with van der Waals surface area (Å²) in [6.07, 6.45) is 5.59. The summed E-state index contributed by atoms with van der Waals surface area (Å²) in [5.41, 5.74) is 13.4. The molecule has 0 radical (unpaired) electrons. The minimum Gasteiger partial charge on any atom is -0.274 e. The Bertz CT molecular complexity index is 1740. The normalized spacial score (nSPS) is 13.5. The first-order chi connectivity index (χ1) is 15.4. The Balaban J connectivity index is 1.53. The average molecular weight is 396 g/mol. The van der Waals surface area contributed by atoms with Crippen LogP contribution >= 0.6 is 0 Å². The topological polar surface area (TPSA) is 43.1 Å². The Kier molecular flexibility index (Phi) is 2.72. The molecule has 0 fully saturated rings. The number of hydrogen-bond acceptors (Lipinski definition) is 3. The summed E-state index contributed by atoms with van der Waals surface area (Å²) < 4.78 is 2.24. The molecule has 6 aromatic rings. The second kappa shape index (κ2) is 5.35. The Morgan fingerprint density at radius 2 is 1.55 bits per heavy atom. The molecule has 0 saturated heterocycles. The number of benzene rings is 2. The van der Waals surface area contributed by atoms with Gasteiger partial charge in [-0.25, -0.2) is 9.97 Å². The molecule has 4 heterocycles. The van der Waals surface area contributed by atoms with E-state index >= 15 is 0 Å². The molecular weight excluding hydrogens is 380 g/mol. The molecular formula is C27H16N4. The van der Waals surface area contributed by atoms with E-state index in [-0.39, 0.29) is 0 Å². The third-order valence-corrected chi connectivity index (χ3v) is 6.92. The molecule has 144 valence electrons. The largest absolute Gasteiger partial charge is 0.274 e. The molecule has 4 nitrogen and oxygen atoms in total. The van der Waals surface area contributed by atoms with Crippen LogP contribution in [0.3, 0.4) is 0 Å². The molecule has 4 heteroatoms. The molecule has 0 unspecified atom stereocenters. The second-order valence-corrected chi connectivity index (χ2v) is 8.48. The molecule has 0 N–H and O–H groups in total. The minimum atomic E-state index is 0.854. The van der Waals surface area contributed by atoms with Crippen molar-refractivity contribution in [2.24, 2.45) is 0 Å². The highest BCUT2D eigenvalue weighted by Gasteiger charge is 2.32. The molecule has 2 aliphatic rings. The lowest BCUT2D eigenvalue weighted by atomic mass is 9.96. The third-order valence-electron chi connectivity index (χ3n) is 6.92. The number of imidazole rings is 1. The molecule has 0 saturated carbocycles. The standard InChI is InChI=1S/C27H16N4/c1-2-6-17-15(5-1)13-16-9-10-19-21(23(16)17)14-22-25(19)31-26-20(8-4-12-29-26)18-7-3-11-28-24(18)27(31)30-22/h1-12H,13-14H2. The molecule has 0 spiro atoms. The van der Waals surface area contributed by atoms with Crippen LogP contribution in [-0.4, -0.2) is 19.4 Å². The van der Waals surface area contributed by atoms with Crippen LogP contribution < -0.4 is 0 Å². The number of rotatable bonds is 0. The lowest BCUT2D eigenvalue weighted by Gasteiger charge is -2.12. The van der Waals surface area contributed by atoms with E-state index in [4.69, 9.17) is 15.0 Å². The summed E-state index contributed by atoms with van der Waals surface area (Å²) in [5, 5.41) is 2.21. The number of hydrogen-bond donors (Lipinski definition) is 0.